The minimum Gasteiger partial charge on any atom is -0.378 e. The van der Waals surface area contributed by atoms with Gasteiger partial charge in [-0.25, -0.2) is 14.4 Å². The summed E-state index contributed by atoms with van der Waals surface area (Å²) in [5.74, 6) is 2.34. The van der Waals surface area contributed by atoms with E-state index in [0.717, 1.165) is 77.6 Å². The van der Waals surface area contributed by atoms with Crippen LogP contribution in [0.2, 0.25) is 0 Å². The van der Waals surface area contributed by atoms with Crippen LogP contribution in [0.4, 0.5) is 10.2 Å². The molecular formula is C28H27FN6OS. The first-order valence-corrected chi connectivity index (χ1v) is 13.5. The minimum absolute atomic E-state index is 0.150. The highest BCUT2D eigenvalue weighted by Crippen LogP contribution is 2.35. The molecule has 2 aromatic carbocycles. The predicted molar refractivity (Wildman–Crippen MR) is 144 cm³/mol. The van der Waals surface area contributed by atoms with Crippen LogP contribution < -0.4 is 4.90 Å². The van der Waals surface area contributed by atoms with E-state index < -0.39 is 0 Å². The number of aryl methyl sites for hydroxylation is 1. The van der Waals surface area contributed by atoms with Crippen LogP contribution in [0.25, 0.3) is 27.2 Å². The molecule has 2 aliphatic rings. The highest BCUT2D eigenvalue weighted by atomic mass is 32.1. The number of imidazole rings is 1. The summed E-state index contributed by atoms with van der Waals surface area (Å²) in [6.07, 6.45) is 0.869. The molecule has 37 heavy (non-hydrogen) atoms. The van der Waals surface area contributed by atoms with E-state index in [9.17, 15) is 4.39 Å². The first-order valence-electron chi connectivity index (χ1n) is 12.7. The second-order valence-electron chi connectivity index (χ2n) is 9.73. The van der Waals surface area contributed by atoms with Gasteiger partial charge < -0.3 is 9.64 Å². The van der Waals surface area contributed by atoms with Crippen LogP contribution in [-0.4, -0.2) is 57.3 Å². The molecule has 5 aromatic rings. The van der Waals surface area contributed by atoms with Gasteiger partial charge in [0.15, 0.2) is 5.82 Å². The summed E-state index contributed by atoms with van der Waals surface area (Å²) in [5, 5.41) is 0. The fourth-order valence-corrected chi connectivity index (χ4v) is 6.61. The lowest BCUT2D eigenvalue weighted by molar-refractivity contribution is 0.122. The van der Waals surface area contributed by atoms with Crippen LogP contribution in [0.1, 0.15) is 21.8 Å². The molecule has 0 atom stereocenters. The second kappa shape index (κ2) is 9.16. The first-order chi connectivity index (χ1) is 18.1. The molecule has 188 valence electrons. The maximum absolute atomic E-state index is 13.7. The van der Waals surface area contributed by atoms with E-state index >= 15 is 0 Å². The molecule has 0 spiro atoms. The van der Waals surface area contributed by atoms with Crippen LogP contribution in [0.15, 0.2) is 48.5 Å². The number of fused-ring (bicyclic) bond motifs is 3. The second-order valence-corrected chi connectivity index (χ2v) is 10.9. The van der Waals surface area contributed by atoms with Gasteiger partial charge in [-0.1, -0.05) is 18.2 Å². The Balaban J connectivity index is 1.28. The fourth-order valence-electron chi connectivity index (χ4n) is 5.45. The molecule has 0 N–H and O–H groups in total. The van der Waals surface area contributed by atoms with Gasteiger partial charge in [-0.2, -0.15) is 4.98 Å². The van der Waals surface area contributed by atoms with Gasteiger partial charge in [0, 0.05) is 37.6 Å². The number of nitrogens with zero attached hydrogens (tertiary/aromatic N) is 6. The van der Waals surface area contributed by atoms with Gasteiger partial charge in [0.2, 0.25) is 5.95 Å². The van der Waals surface area contributed by atoms with E-state index in [1.807, 2.05) is 31.2 Å². The average molecular weight is 515 g/mol. The van der Waals surface area contributed by atoms with E-state index in [1.54, 1.807) is 23.5 Å². The van der Waals surface area contributed by atoms with Gasteiger partial charge in [0.05, 0.1) is 34.5 Å². The third-order valence-corrected chi connectivity index (χ3v) is 8.38. The third-order valence-electron chi connectivity index (χ3n) is 7.27. The van der Waals surface area contributed by atoms with Gasteiger partial charge in [-0.05, 0) is 54.8 Å². The summed E-state index contributed by atoms with van der Waals surface area (Å²) in [4.78, 5) is 20.9. The number of morpholine rings is 1. The van der Waals surface area contributed by atoms with Gasteiger partial charge >= 0.3 is 0 Å². The Bertz CT molecular complexity index is 1620. The Morgan fingerprint density at radius 2 is 1.81 bits per heavy atom. The zero-order valence-corrected chi connectivity index (χ0v) is 21.5. The minimum atomic E-state index is -0.150. The van der Waals surface area contributed by atoms with Crippen molar-refractivity contribution in [3.63, 3.8) is 0 Å². The standard InChI is InChI=1S/C28H27FN6OS/c1-18-30-23-4-2-3-5-25(23)35(18)28-31-24-15-22(37-26(24)27(32-28)34-10-12-36-13-11-34)17-33-9-8-19-14-21(29)7-6-20(19)16-33/h2-7,14-15H,8-13,16-17H2,1H3. The average Bonchev–Trinajstić information content (AvgIpc) is 3.47. The highest BCUT2D eigenvalue weighted by Gasteiger charge is 2.23. The molecule has 2 aliphatic heterocycles. The molecule has 1 saturated heterocycles. The summed E-state index contributed by atoms with van der Waals surface area (Å²) in [6.45, 7) is 7.59. The number of thiophene rings is 1. The lowest BCUT2D eigenvalue weighted by atomic mass is 10.00. The maximum Gasteiger partial charge on any atom is 0.238 e. The Morgan fingerprint density at radius 3 is 2.70 bits per heavy atom. The molecule has 0 amide bonds. The fraction of sp³-hybridized carbons (Fsp3) is 0.321. The van der Waals surface area contributed by atoms with Gasteiger partial charge in [-0.3, -0.25) is 9.47 Å². The van der Waals surface area contributed by atoms with Crippen LogP contribution in [0.3, 0.4) is 0 Å². The van der Waals surface area contributed by atoms with E-state index in [-0.39, 0.29) is 5.82 Å². The van der Waals surface area contributed by atoms with Crippen molar-refractivity contribution in [1.82, 2.24) is 24.4 Å². The Hall–Kier alpha value is -3.40. The van der Waals surface area contributed by atoms with Crippen LogP contribution in [-0.2, 0) is 24.2 Å². The molecule has 0 unspecified atom stereocenters. The van der Waals surface area contributed by atoms with Gasteiger partial charge in [0.25, 0.3) is 0 Å². The molecule has 0 aliphatic carbocycles. The molecule has 7 nitrogen and oxygen atoms in total. The number of hydrogen-bond acceptors (Lipinski definition) is 7. The van der Waals surface area contributed by atoms with Gasteiger partial charge in [-0.15, -0.1) is 11.3 Å². The molecule has 3 aromatic heterocycles. The number of anilines is 1. The summed E-state index contributed by atoms with van der Waals surface area (Å²) < 4.78 is 22.4. The van der Waals surface area contributed by atoms with Crippen LogP contribution in [0, 0.1) is 12.7 Å². The molecule has 0 saturated carbocycles. The third kappa shape index (κ3) is 4.17. The number of hydrogen-bond donors (Lipinski definition) is 0. The normalized spacial score (nSPS) is 16.5. The smallest absolute Gasteiger partial charge is 0.238 e. The number of para-hydroxylation sites is 2. The van der Waals surface area contributed by atoms with E-state index in [0.29, 0.717) is 19.2 Å². The zero-order valence-electron chi connectivity index (χ0n) is 20.7. The summed E-state index contributed by atoms with van der Waals surface area (Å²) in [5.41, 5.74) is 5.25. The topological polar surface area (TPSA) is 59.3 Å². The number of ether oxygens (including phenoxy) is 1. The largest absolute Gasteiger partial charge is 0.378 e. The van der Waals surface area contributed by atoms with Gasteiger partial charge in [0.1, 0.15) is 11.6 Å². The Kier molecular flexibility index (Phi) is 5.64. The monoisotopic (exact) mass is 514 g/mol. The Labute approximate surface area is 218 Å². The Morgan fingerprint density at radius 1 is 0.946 bits per heavy atom. The lowest BCUT2D eigenvalue weighted by Crippen LogP contribution is -2.37. The van der Waals surface area contributed by atoms with Crippen LogP contribution >= 0.6 is 11.3 Å². The SMILES string of the molecule is Cc1nc2ccccc2n1-c1nc(N2CCOCC2)c2sc(CN3CCc4cc(F)ccc4C3)cc2n1. The summed E-state index contributed by atoms with van der Waals surface area (Å²) in [6, 6.07) is 15.5. The maximum atomic E-state index is 13.7. The highest BCUT2D eigenvalue weighted by molar-refractivity contribution is 7.19. The molecule has 5 heterocycles. The number of halogens is 1. The molecule has 1 fully saturated rings. The zero-order chi connectivity index (χ0) is 24.9. The number of benzene rings is 2. The van der Waals surface area contributed by atoms with Crippen LogP contribution in [0.5, 0.6) is 0 Å². The number of rotatable bonds is 4. The number of aromatic nitrogens is 4. The van der Waals surface area contributed by atoms with Crippen molar-refractivity contribution in [1.29, 1.82) is 0 Å². The van der Waals surface area contributed by atoms with Crippen molar-refractivity contribution in [3.05, 3.63) is 76.2 Å². The molecular weight excluding hydrogens is 487 g/mol. The van der Waals surface area contributed by atoms with E-state index in [4.69, 9.17) is 19.7 Å². The van der Waals surface area contributed by atoms with E-state index in [2.05, 4.69) is 26.5 Å². The molecule has 7 rings (SSSR count). The molecule has 9 heteroatoms. The van der Waals surface area contributed by atoms with Crippen molar-refractivity contribution in [2.24, 2.45) is 0 Å². The van der Waals surface area contributed by atoms with Crippen molar-refractivity contribution < 1.29 is 9.13 Å². The quantitative estimate of drug-likeness (QED) is 0.341. The van der Waals surface area contributed by atoms with Crippen molar-refractivity contribution in [2.75, 3.05) is 37.7 Å². The molecule has 0 radical (unpaired) electrons. The summed E-state index contributed by atoms with van der Waals surface area (Å²) in [7, 11) is 0. The summed E-state index contributed by atoms with van der Waals surface area (Å²) >= 11 is 1.77. The van der Waals surface area contributed by atoms with E-state index in [1.165, 1.54) is 10.4 Å². The van der Waals surface area contributed by atoms with Crippen molar-refractivity contribution in [3.8, 4) is 5.95 Å². The molecule has 0 bridgehead atoms. The lowest BCUT2D eigenvalue weighted by Gasteiger charge is -2.28. The van der Waals surface area contributed by atoms with Crippen molar-refractivity contribution >= 4 is 38.4 Å². The van der Waals surface area contributed by atoms with Crippen molar-refractivity contribution in [2.45, 2.75) is 26.4 Å². The predicted octanol–water partition coefficient (Wildman–Crippen LogP) is 4.87. The first kappa shape index (κ1) is 22.8.